The monoisotopic (exact) mass is 593 g/mol. The van der Waals surface area contributed by atoms with Crippen LogP contribution in [-0.2, 0) is 14.3 Å². The SMILES string of the molecule is CCOc1cc(C2C3=C(CCCC3=O)N(CCCOC)C3=C2C(=O)CCC3)cc(I)c1OC(C)C. The summed E-state index contributed by atoms with van der Waals surface area (Å²) in [5.41, 5.74) is 4.76. The number of ketones is 2. The van der Waals surface area contributed by atoms with Gasteiger partial charge >= 0.3 is 0 Å². The van der Waals surface area contributed by atoms with Crippen LogP contribution in [0.25, 0.3) is 0 Å². The Morgan fingerprint density at radius 1 is 1.03 bits per heavy atom. The Morgan fingerprint density at radius 2 is 1.66 bits per heavy atom. The second-order valence-corrected chi connectivity index (χ2v) is 10.8. The van der Waals surface area contributed by atoms with Crippen molar-refractivity contribution >= 4 is 34.2 Å². The first-order valence-corrected chi connectivity index (χ1v) is 13.9. The lowest BCUT2D eigenvalue weighted by atomic mass is 9.71. The summed E-state index contributed by atoms with van der Waals surface area (Å²) in [5, 5.41) is 0. The van der Waals surface area contributed by atoms with Crippen molar-refractivity contribution in [2.45, 2.75) is 77.7 Å². The van der Waals surface area contributed by atoms with Gasteiger partial charge in [-0.05, 0) is 93.2 Å². The number of ether oxygens (including phenoxy) is 3. The van der Waals surface area contributed by atoms with E-state index in [-0.39, 0.29) is 23.6 Å². The van der Waals surface area contributed by atoms with Crippen LogP contribution in [0.4, 0.5) is 0 Å². The van der Waals surface area contributed by atoms with Crippen LogP contribution in [0, 0.1) is 3.57 Å². The maximum atomic E-state index is 13.5. The van der Waals surface area contributed by atoms with Crippen LogP contribution in [0.2, 0.25) is 0 Å². The fourth-order valence-electron chi connectivity index (χ4n) is 5.55. The van der Waals surface area contributed by atoms with E-state index < -0.39 is 0 Å². The Hall–Kier alpha value is -1.87. The number of carbonyl (C=O) groups is 2. The second kappa shape index (κ2) is 11.5. The molecule has 1 aromatic carbocycles. The predicted molar refractivity (Wildman–Crippen MR) is 144 cm³/mol. The van der Waals surface area contributed by atoms with Crippen LogP contribution in [0.1, 0.15) is 77.2 Å². The lowest BCUT2D eigenvalue weighted by Gasteiger charge is -2.44. The second-order valence-electron chi connectivity index (χ2n) is 9.63. The van der Waals surface area contributed by atoms with Crippen molar-refractivity contribution in [1.29, 1.82) is 0 Å². The number of nitrogens with zero attached hydrogens (tertiary/aromatic N) is 1. The summed E-state index contributed by atoms with van der Waals surface area (Å²) >= 11 is 2.28. The van der Waals surface area contributed by atoms with Crippen molar-refractivity contribution in [3.05, 3.63) is 43.8 Å². The van der Waals surface area contributed by atoms with Crippen molar-refractivity contribution in [1.82, 2.24) is 4.90 Å². The minimum absolute atomic E-state index is 0.00683. The van der Waals surface area contributed by atoms with Gasteiger partial charge in [-0.3, -0.25) is 9.59 Å². The number of hydrogen-bond donors (Lipinski definition) is 0. The van der Waals surface area contributed by atoms with Gasteiger partial charge in [-0.2, -0.15) is 0 Å². The molecule has 2 aliphatic carbocycles. The van der Waals surface area contributed by atoms with Crippen LogP contribution >= 0.6 is 22.6 Å². The highest BCUT2D eigenvalue weighted by molar-refractivity contribution is 14.1. The summed E-state index contributed by atoms with van der Waals surface area (Å²) in [4.78, 5) is 29.2. The van der Waals surface area contributed by atoms with Gasteiger partial charge in [0.15, 0.2) is 23.1 Å². The summed E-state index contributed by atoms with van der Waals surface area (Å²) < 4.78 is 18.3. The van der Waals surface area contributed by atoms with E-state index in [1.807, 2.05) is 26.8 Å². The highest BCUT2D eigenvalue weighted by Gasteiger charge is 2.43. The van der Waals surface area contributed by atoms with E-state index in [0.29, 0.717) is 31.8 Å². The van der Waals surface area contributed by atoms with Gasteiger partial charge in [0.25, 0.3) is 0 Å². The van der Waals surface area contributed by atoms with E-state index in [1.54, 1.807) is 7.11 Å². The molecule has 0 atom stereocenters. The molecular weight excluding hydrogens is 557 g/mol. The molecule has 0 N–H and O–H groups in total. The third-order valence-corrected chi connectivity index (χ3v) is 7.64. The van der Waals surface area contributed by atoms with E-state index in [1.165, 1.54) is 0 Å². The van der Waals surface area contributed by atoms with Crippen LogP contribution in [-0.4, -0.2) is 49.4 Å². The molecular formula is C28H36INO5. The fraction of sp³-hybridized carbons (Fsp3) is 0.571. The van der Waals surface area contributed by atoms with Crippen molar-refractivity contribution in [3.63, 3.8) is 0 Å². The summed E-state index contributed by atoms with van der Waals surface area (Å²) in [7, 11) is 1.71. The number of halogens is 1. The third kappa shape index (κ3) is 5.31. The molecule has 0 saturated carbocycles. The topological polar surface area (TPSA) is 65.1 Å². The number of carbonyl (C=O) groups excluding carboxylic acids is 2. The fourth-order valence-corrected chi connectivity index (χ4v) is 6.31. The Bertz CT molecular complexity index is 1010. The molecule has 1 heterocycles. The van der Waals surface area contributed by atoms with Crippen molar-refractivity contribution < 1.29 is 23.8 Å². The number of rotatable bonds is 9. The molecule has 0 radical (unpaired) electrons. The van der Waals surface area contributed by atoms with Crippen LogP contribution in [0.15, 0.2) is 34.7 Å². The first-order valence-electron chi connectivity index (χ1n) is 12.8. The molecule has 6 nitrogen and oxygen atoms in total. The van der Waals surface area contributed by atoms with Gasteiger partial charge in [-0.25, -0.2) is 0 Å². The minimum Gasteiger partial charge on any atom is -0.490 e. The van der Waals surface area contributed by atoms with Gasteiger partial charge in [0.2, 0.25) is 0 Å². The van der Waals surface area contributed by atoms with Crippen LogP contribution in [0.3, 0.4) is 0 Å². The van der Waals surface area contributed by atoms with Gasteiger partial charge in [0.05, 0.1) is 16.3 Å². The molecule has 1 aromatic rings. The molecule has 0 unspecified atom stereocenters. The van der Waals surface area contributed by atoms with Crippen LogP contribution in [0.5, 0.6) is 11.5 Å². The van der Waals surface area contributed by atoms with Gasteiger partial charge < -0.3 is 19.1 Å². The Labute approximate surface area is 222 Å². The predicted octanol–water partition coefficient (Wildman–Crippen LogP) is 5.93. The minimum atomic E-state index is -0.347. The van der Waals surface area contributed by atoms with Gasteiger partial charge in [0.1, 0.15) is 0 Å². The smallest absolute Gasteiger partial charge is 0.174 e. The molecule has 190 valence electrons. The maximum Gasteiger partial charge on any atom is 0.174 e. The third-order valence-electron chi connectivity index (χ3n) is 6.84. The van der Waals surface area contributed by atoms with E-state index in [2.05, 4.69) is 33.6 Å². The van der Waals surface area contributed by atoms with Gasteiger partial charge in [-0.1, -0.05) is 0 Å². The number of benzene rings is 1. The van der Waals surface area contributed by atoms with Crippen molar-refractivity contribution in [3.8, 4) is 11.5 Å². The molecule has 3 aliphatic rings. The molecule has 7 heteroatoms. The number of methoxy groups -OCH3 is 1. The van der Waals surface area contributed by atoms with Crippen molar-refractivity contribution in [2.75, 3.05) is 26.9 Å². The van der Waals surface area contributed by atoms with Gasteiger partial charge in [0, 0.05) is 61.6 Å². The number of hydrogen-bond acceptors (Lipinski definition) is 6. The molecule has 0 saturated heterocycles. The average molecular weight is 594 g/mol. The Morgan fingerprint density at radius 3 is 2.20 bits per heavy atom. The molecule has 0 bridgehead atoms. The van der Waals surface area contributed by atoms with E-state index >= 15 is 0 Å². The van der Waals surface area contributed by atoms with Crippen molar-refractivity contribution in [2.24, 2.45) is 0 Å². The van der Waals surface area contributed by atoms with E-state index in [4.69, 9.17) is 14.2 Å². The zero-order chi connectivity index (χ0) is 25.1. The first-order chi connectivity index (χ1) is 16.9. The Balaban J connectivity index is 1.90. The number of Topliss-reactive ketones (excluding diaryl/α,β-unsaturated/α-hetero) is 2. The first kappa shape index (κ1) is 26.2. The normalized spacial score (nSPS) is 18.9. The lowest BCUT2D eigenvalue weighted by molar-refractivity contribution is -0.117. The lowest BCUT2D eigenvalue weighted by Crippen LogP contribution is -2.39. The Kier molecular flexibility index (Phi) is 8.58. The highest BCUT2D eigenvalue weighted by Crippen LogP contribution is 2.50. The number of allylic oxidation sites excluding steroid dienone is 4. The zero-order valence-corrected chi connectivity index (χ0v) is 23.4. The zero-order valence-electron chi connectivity index (χ0n) is 21.2. The maximum absolute atomic E-state index is 13.5. The molecule has 0 amide bonds. The van der Waals surface area contributed by atoms with E-state index in [9.17, 15) is 9.59 Å². The standard InChI is InChI=1S/C28H36INO5/c1-5-34-24-16-18(15-19(29)28(24)35-17(2)3)25-26-20(9-6-11-22(26)31)30(13-8-14-33-4)21-10-7-12-23(32)27(21)25/h15-17,25H,5-14H2,1-4H3. The summed E-state index contributed by atoms with van der Waals surface area (Å²) in [6.45, 7) is 7.87. The summed E-state index contributed by atoms with van der Waals surface area (Å²) in [6.07, 6.45) is 5.34. The van der Waals surface area contributed by atoms with E-state index in [0.717, 1.165) is 76.1 Å². The summed E-state index contributed by atoms with van der Waals surface area (Å²) in [5.74, 6) is 1.36. The summed E-state index contributed by atoms with van der Waals surface area (Å²) in [6, 6.07) is 4.07. The van der Waals surface area contributed by atoms with Crippen LogP contribution < -0.4 is 9.47 Å². The molecule has 4 rings (SSSR count). The average Bonchev–Trinajstić information content (AvgIpc) is 2.81. The largest absolute Gasteiger partial charge is 0.490 e. The highest BCUT2D eigenvalue weighted by atomic mass is 127. The molecule has 0 aromatic heterocycles. The molecule has 1 aliphatic heterocycles. The molecule has 0 spiro atoms. The molecule has 35 heavy (non-hydrogen) atoms. The quantitative estimate of drug-likeness (QED) is 0.262. The van der Waals surface area contributed by atoms with Gasteiger partial charge in [-0.15, -0.1) is 0 Å². The molecule has 0 fully saturated rings.